The Morgan fingerprint density at radius 2 is 1.09 bits per heavy atom. The third-order valence-electron chi connectivity index (χ3n) is 4.79. The van der Waals surface area contributed by atoms with Gasteiger partial charge in [-0.3, -0.25) is 0 Å². The van der Waals surface area contributed by atoms with Gasteiger partial charge in [0.05, 0.1) is 12.4 Å². The summed E-state index contributed by atoms with van der Waals surface area (Å²) < 4.78 is 0. The molecule has 4 aromatic heterocycles. The molecule has 154 valence electrons. The molecule has 0 saturated carbocycles. The highest BCUT2D eigenvalue weighted by atomic mass is 15.4. The minimum Gasteiger partial charge on any atom is -0.338 e. The molecule has 4 heterocycles. The zero-order chi connectivity index (χ0) is 21.3. The number of nitrogens with one attached hydrogen (secondary N) is 4. The fourth-order valence-corrected chi connectivity index (χ4v) is 3.39. The van der Waals surface area contributed by atoms with Crippen molar-refractivity contribution < 1.29 is 0 Å². The van der Waals surface area contributed by atoms with Crippen molar-refractivity contribution in [2.24, 2.45) is 10.2 Å². The van der Waals surface area contributed by atoms with Crippen LogP contribution in [-0.4, -0.2) is 52.8 Å². The van der Waals surface area contributed by atoms with Gasteiger partial charge in [-0.1, -0.05) is 36.4 Å². The Balaban J connectivity index is 1.12. The largest absolute Gasteiger partial charge is 0.338 e. The van der Waals surface area contributed by atoms with Crippen LogP contribution in [0.2, 0.25) is 0 Å². The lowest BCUT2D eigenvalue weighted by Gasteiger charge is -1.96. The van der Waals surface area contributed by atoms with E-state index in [0.717, 1.165) is 21.8 Å². The van der Waals surface area contributed by atoms with Crippen molar-refractivity contribution in [3.8, 4) is 0 Å². The first kappa shape index (κ1) is 17.8. The van der Waals surface area contributed by atoms with E-state index < -0.39 is 0 Å². The number of nitrogens with zero attached hydrogens (tertiary/aromatic N) is 8. The standard InChI is InChI=1S/C20H14N12/c1-3-7-13-11(5-1)15-17(23-13)25-19(31-27-15)29-21-9-10-22-30-20-26-18-16(28-32-20)12-6-2-4-8-14(12)24-18/h1-10H,(H2,23,25,29,31)(H2,24,26,30,32)/b21-9-,22-10-. The number of hydrazone groups is 2. The van der Waals surface area contributed by atoms with Gasteiger partial charge in [0.25, 0.3) is 11.9 Å². The normalized spacial score (nSPS) is 12.1. The van der Waals surface area contributed by atoms with Gasteiger partial charge >= 0.3 is 0 Å². The lowest BCUT2D eigenvalue weighted by atomic mass is 10.2. The number of hydrogen-bond acceptors (Lipinski definition) is 10. The first-order valence-electron chi connectivity index (χ1n) is 9.64. The monoisotopic (exact) mass is 422 g/mol. The van der Waals surface area contributed by atoms with Crippen molar-refractivity contribution in [2.75, 3.05) is 10.9 Å². The van der Waals surface area contributed by atoms with Crippen LogP contribution in [0.3, 0.4) is 0 Å². The van der Waals surface area contributed by atoms with Crippen molar-refractivity contribution in [3.63, 3.8) is 0 Å². The molecular weight excluding hydrogens is 408 g/mol. The summed E-state index contributed by atoms with van der Waals surface area (Å²) in [4.78, 5) is 15.2. The molecule has 0 bridgehead atoms. The second-order valence-electron chi connectivity index (χ2n) is 6.79. The van der Waals surface area contributed by atoms with Crippen LogP contribution in [0.25, 0.3) is 44.1 Å². The molecule has 4 N–H and O–H groups in total. The fraction of sp³-hybridized carbons (Fsp3) is 0. The highest BCUT2D eigenvalue weighted by Gasteiger charge is 2.09. The molecule has 2 aromatic carbocycles. The predicted octanol–water partition coefficient (Wildman–Crippen LogP) is 2.82. The molecule has 32 heavy (non-hydrogen) atoms. The summed E-state index contributed by atoms with van der Waals surface area (Å²) in [5.74, 6) is 0.525. The lowest BCUT2D eigenvalue weighted by Crippen LogP contribution is -2.00. The molecule has 0 amide bonds. The first-order chi connectivity index (χ1) is 15.8. The molecule has 0 radical (unpaired) electrons. The van der Waals surface area contributed by atoms with Gasteiger partial charge in [-0.2, -0.15) is 20.2 Å². The van der Waals surface area contributed by atoms with Crippen molar-refractivity contribution in [2.45, 2.75) is 0 Å². The maximum absolute atomic E-state index is 4.38. The molecule has 12 nitrogen and oxygen atoms in total. The van der Waals surface area contributed by atoms with Gasteiger partial charge in [-0.05, 0) is 12.1 Å². The van der Waals surface area contributed by atoms with Gasteiger partial charge < -0.3 is 9.97 Å². The van der Waals surface area contributed by atoms with Crippen LogP contribution in [0.1, 0.15) is 0 Å². The van der Waals surface area contributed by atoms with Gasteiger partial charge in [0, 0.05) is 21.8 Å². The summed E-state index contributed by atoms with van der Waals surface area (Å²) in [6.07, 6.45) is 2.86. The van der Waals surface area contributed by atoms with E-state index in [-0.39, 0.29) is 11.9 Å². The van der Waals surface area contributed by atoms with E-state index in [1.54, 1.807) is 0 Å². The molecule has 0 saturated heterocycles. The topological polar surface area (TPSA) is 158 Å². The molecule has 0 aliphatic carbocycles. The zero-order valence-electron chi connectivity index (χ0n) is 16.4. The Morgan fingerprint density at radius 1 is 0.625 bits per heavy atom. The van der Waals surface area contributed by atoms with Crippen LogP contribution in [-0.2, 0) is 0 Å². The van der Waals surface area contributed by atoms with E-state index in [9.17, 15) is 0 Å². The SMILES string of the molecule is C(/C=N\Nc1nnc2c(n1)[nH]c1ccccc12)=N/Nc1nnc2c(n1)[nH]c1ccccc12. The molecule has 6 rings (SSSR count). The van der Waals surface area contributed by atoms with E-state index in [2.05, 4.69) is 61.4 Å². The van der Waals surface area contributed by atoms with Gasteiger partial charge in [-0.25, -0.2) is 10.9 Å². The molecular formula is C20H14N12. The van der Waals surface area contributed by atoms with E-state index in [1.165, 1.54) is 12.4 Å². The number of anilines is 2. The number of benzene rings is 2. The molecule has 0 atom stereocenters. The highest BCUT2D eigenvalue weighted by Crippen LogP contribution is 2.22. The summed E-state index contributed by atoms with van der Waals surface area (Å²) in [5, 5.41) is 26.5. The number of aromatic amines is 2. The van der Waals surface area contributed by atoms with Crippen LogP contribution in [0, 0.1) is 0 Å². The number of hydrogen-bond donors (Lipinski definition) is 4. The first-order valence-corrected chi connectivity index (χ1v) is 9.64. The van der Waals surface area contributed by atoms with Crippen LogP contribution in [0.4, 0.5) is 11.9 Å². The zero-order valence-corrected chi connectivity index (χ0v) is 16.4. The van der Waals surface area contributed by atoms with E-state index >= 15 is 0 Å². The van der Waals surface area contributed by atoms with Crippen LogP contribution < -0.4 is 10.9 Å². The van der Waals surface area contributed by atoms with Crippen LogP contribution in [0.15, 0.2) is 58.7 Å². The fourth-order valence-electron chi connectivity index (χ4n) is 3.39. The minimum atomic E-state index is 0.262. The van der Waals surface area contributed by atoms with Gasteiger partial charge in [-0.15, -0.1) is 20.4 Å². The van der Waals surface area contributed by atoms with Crippen LogP contribution in [0.5, 0.6) is 0 Å². The number of H-pyrrole nitrogens is 2. The molecule has 12 heteroatoms. The Bertz CT molecular complexity index is 1520. The molecule has 0 aliphatic heterocycles. The lowest BCUT2D eigenvalue weighted by molar-refractivity contribution is 1.01. The quantitative estimate of drug-likeness (QED) is 0.244. The molecule has 0 spiro atoms. The molecule has 6 aromatic rings. The van der Waals surface area contributed by atoms with Gasteiger partial charge in [0.2, 0.25) is 0 Å². The molecule has 0 unspecified atom stereocenters. The summed E-state index contributed by atoms with van der Waals surface area (Å²) >= 11 is 0. The van der Waals surface area contributed by atoms with Crippen molar-refractivity contribution in [1.82, 2.24) is 40.3 Å². The highest BCUT2D eigenvalue weighted by molar-refractivity contribution is 6.16. The average molecular weight is 422 g/mol. The smallest absolute Gasteiger partial charge is 0.265 e. The second-order valence-corrected chi connectivity index (χ2v) is 6.79. The molecule has 0 fully saturated rings. The van der Waals surface area contributed by atoms with Crippen molar-refractivity contribution in [3.05, 3.63) is 48.5 Å². The van der Waals surface area contributed by atoms with Crippen molar-refractivity contribution in [1.29, 1.82) is 0 Å². The number of fused-ring (bicyclic) bond motifs is 6. The maximum atomic E-state index is 4.38. The summed E-state index contributed by atoms with van der Waals surface area (Å²) in [5.41, 5.74) is 10.0. The van der Waals surface area contributed by atoms with Gasteiger partial charge in [0.1, 0.15) is 11.0 Å². The van der Waals surface area contributed by atoms with E-state index in [4.69, 9.17) is 0 Å². The van der Waals surface area contributed by atoms with Crippen molar-refractivity contribution >= 4 is 68.5 Å². The summed E-state index contributed by atoms with van der Waals surface area (Å²) in [6, 6.07) is 15.6. The van der Waals surface area contributed by atoms with Crippen LogP contribution >= 0.6 is 0 Å². The Morgan fingerprint density at radius 3 is 1.59 bits per heavy atom. The molecule has 0 aliphatic rings. The summed E-state index contributed by atoms with van der Waals surface area (Å²) in [7, 11) is 0. The number of rotatable bonds is 5. The maximum Gasteiger partial charge on any atom is 0.265 e. The van der Waals surface area contributed by atoms with E-state index in [1.807, 2.05) is 48.5 Å². The number of aromatic nitrogens is 8. The Hall–Kier alpha value is -5.00. The summed E-state index contributed by atoms with van der Waals surface area (Å²) in [6.45, 7) is 0. The number of para-hydroxylation sites is 2. The third-order valence-corrected chi connectivity index (χ3v) is 4.79. The van der Waals surface area contributed by atoms with Gasteiger partial charge in [0.15, 0.2) is 11.3 Å². The second kappa shape index (κ2) is 7.36. The Labute approximate surface area is 178 Å². The predicted molar refractivity (Wildman–Crippen MR) is 123 cm³/mol. The third kappa shape index (κ3) is 3.11. The van der Waals surface area contributed by atoms with E-state index in [0.29, 0.717) is 22.3 Å². The minimum absolute atomic E-state index is 0.262. The average Bonchev–Trinajstić information content (AvgIpc) is 3.38. The Kier molecular flexibility index (Phi) is 4.10.